The molecule has 1 aliphatic rings. The Bertz CT molecular complexity index is 240. The fraction of sp³-hybridized carbons (Fsp3) is 0.929. The van der Waals surface area contributed by atoms with Crippen molar-refractivity contribution in [3.8, 4) is 0 Å². The molecule has 0 spiro atoms. The van der Waals surface area contributed by atoms with Gasteiger partial charge in [0.15, 0.2) is 0 Å². The lowest BCUT2D eigenvalue weighted by Gasteiger charge is -2.37. The fourth-order valence-corrected chi connectivity index (χ4v) is 2.87. The summed E-state index contributed by atoms with van der Waals surface area (Å²) in [6.45, 7) is 5.55. The molecule has 17 heavy (non-hydrogen) atoms. The van der Waals surface area contributed by atoms with E-state index in [0.717, 1.165) is 24.8 Å². The van der Waals surface area contributed by atoms with Gasteiger partial charge in [-0.15, -0.1) is 0 Å². The van der Waals surface area contributed by atoms with Crippen LogP contribution < -0.4 is 0 Å². The lowest BCUT2D eigenvalue weighted by molar-refractivity contribution is -0.137. The normalized spacial score (nSPS) is 25.5. The topological polar surface area (TPSA) is 40.5 Å². The minimum absolute atomic E-state index is 0.296. The van der Waals surface area contributed by atoms with E-state index in [0.29, 0.717) is 12.5 Å². The summed E-state index contributed by atoms with van der Waals surface area (Å²) in [6.07, 6.45) is 6.35. The van der Waals surface area contributed by atoms with E-state index in [2.05, 4.69) is 25.8 Å². The number of hydrogen-bond donors (Lipinski definition) is 1. The highest BCUT2D eigenvalue weighted by Crippen LogP contribution is 2.32. The number of carboxylic acids is 1. The summed E-state index contributed by atoms with van der Waals surface area (Å²) in [5.41, 5.74) is 0. The number of hydrogen-bond acceptors (Lipinski definition) is 2. The third-order valence-corrected chi connectivity index (χ3v) is 4.15. The fourth-order valence-electron chi connectivity index (χ4n) is 2.87. The molecular formula is C14H27NO2. The van der Waals surface area contributed by atoms with Crippen LogP contribution in [0.3, 0.4) is 0 Å². The van der Waals surface area contributed by atoms with Crippen LogP contribution >= 0.6 is 0 Å². The van der Waals surface area contributed by atoms with Crippen LogP contribution in [0.25, 0.3) is 0 Å². The first-order valence-corrected chi connectivity index (χ1v) is 6.92. The van der Waals surface area contributed by atoms with Crippen LogP contribution in [0.2, 0.25) is 0 Å². The van der Waals surface area contributed by atoms with Crippen LogP contribution in [-0.4, -0.2) is 35.6 Å². The Morgan fingerprint density at radius 3 is 2.71 bits per heavy atom. The monoisotopic (exact) mass is 241 g/mol. The second-order valence-electron chi connectivity index (χ2n) is 5.80. The summed E-state index contributed by atoms with van der Waals surface area (Å²) < 4.78 is 0. The van der Waals surface area contributed by atoms with Crippen molar-refractivity contribution in [2.75, 3.05) is 13.6 Å². The van der Waals surface area contributed by atoms with Crippen molar-refractivity contribution in [2.24, 2.45) is 11.8 Å². The lowest BCUT2D eigenvalue weighted by Crippen LogP contribution is -2.37. The number of rotatable bonds is 6. The lowest BCUT2D eigenvalue weighted by atomic mass is 9.79. The highest BCUT2D eigenvalue weighted by Gasteiger charge is 2.26. The van der Waals surface area contributed by atoms with Crippen LogP contribution in [0.1, 0.15) is 52.4 Å². The zero-order valence-corrected chi connectivity index (χ0v) is 11.5. The quantitative estimate of drug-likeness (QED) is 0.777. The van der Waals surface area contributed by atoms with Crippen molar-refractivity contribution < 1.29 is 9.90 Å². The molecule has 0 saturated heterocycles. The van der Waals surface area contributed by atoms with Gasteiger partial charge in [0.1, 0.15) is 0 Å². The molecule has 0 amide bonds. The smallest absolute Gasteiger partial charge is 0.303 e. The molecule has 0 aromatic carbocycles. The Morgan fingerprint density at radius 2 is 2.12 bits per heavy atom. The summed E-state index contributed by atoms with van der Waals surface area (Å²) in [4.78, 5) is 12.9. The SMILES string of the molecule is CC(C)C1CCCC(N(C)CCCC(=O)O)C1. The van der Waals surface area contributed by atoms with Gasteiger partial charge in [0, 0.05) is 12.5 Å². The van der Waals surface area contributed by atoms with Gasteiger partial charge < -0.3 is 10.0 Å². The van der Waals surface area contributed by atoms with E-state index in [1.54, 1.807) is 0 Å². The molecule has 100 valence electrons. The summed E-state index contributed by atoms with van der Waals surface area (Å²) in [7, 11) is 2.15. The highest BCUT2D eigenvalue weighted by molar-refractivity contribution is 5.66. The molecule has 0 bridgehead atoms. The standard InChI is InChI=1S/C14H27NO2/c1-11(2)12-6-4-7-13(10-12)15(3)9-5-8-14(16)17/h11-13H,4-10H2,1-3H3,(H,16,17). The van der Waals surface area contributed by atoms with E-state index >= 15 is 0 Å². The van der Waals surface area contributed by atoms with Crippen LogP contribution in [0.15, 0.2) is 0 Å². The first-order valence-electron chi connectivity index (χ1n) is 6.92. The Balaban J connectivity index is 2.30. The Kier molecular flexibility index (Phi) is 5.96. The van der Waals surface area contributed by atoms with Crippen molar-refractivity contribution in [1.29, 1.82) is 0 Å². The van der Waals surface area contributed by atoms with E-state index in [1.165, 1.54) is 25.7 Å². The van der Waals surface area contributed by atoms with Crippen LogP contribution in [-0.2, 0) is 4.79 Å². The second-order valence-corrected chi connectivity index (χ2v) is 5.80. The van der Waals surface area contributed by atoms with Gasteiger partial charge in [0.05, 0.1) is 0 Å². The number of carboxylic acid groups (broad SMARTS) is 1. The molecule has 2 atom stereocenters. The third kappa shape index (κ3) is 5.07. The van der Waals surface area contributed by atoms with E-state index in [1.807, 2.05) is 0 Å². The maximum absolute atomic E-state index is 10.5. The zero-order chi connectivity index (χ0) is 12.8. The van der Waals surface area contributed by atoms with Crippen molar-refractivity contribution in [3.63, 3.8) is 0 Å². The Labute approximate surface area is 105 Å². The minimum Gasteiger partial charge on any atom is -0.481 e. The van der Waals surface area contributed by atoms with Gasteiger partial charge in [-0.2, -0.15) is 0 Å². The molecule has 0 radical (unpaired) electrons. The number of carbonyl (C=O) groups is 1. The van der Waals surface area contributed by atoms with Crippen molar-refractivity contribution in [1.82, 2.24) is 4.90 Å². The van der Waals surface area contributed by atoms with Crippen molar-refractivity contribution >= 4 is 5.97 Å². The molecule has 1 aliphatic carbocycles. The van der Waals surface area contributed by atoms with Crippen LogP contribution in [0.4, 0.5) is 0 Å². The third-order valence-electron chi connectivity index (χ3n) is 4.15. The molecule has 0 aromatic heterocycles. The summed E-state index contributed by atoms with van der Waals surface area (Å²) in [5, 5.41) is 8.63. The molecule has 0 aliphatic heterocycles. The first-order chi connectivity index (χ1) is 8.00. The summed E-state index contributed by atoms with van der Waals surface area (Å²) in [5.74, 6) is 0.961. The molecule has 1 N–H and O–H groups in total. The maximum Gasteiger partial charge on any atom is 0.303 e. The van der Waals surface area contributed by atoms with Gasteiger partial charge in [-0.3, -0.25) is 4.79 Å². The molecule has 1 fully saturated rings. The van der Waals surface area contributed by atoms with E-state index in [4.69, 9.17) is 5.11 Å². The summed E-state index contributed by atoms with van der Waals surface area (Å²) >= 11 is 0. The van der Waals surface area contributed by atoms with Gasteiger partial charge in [-0.05, 0) is 44.7 Å². The van der Waals surface area contributed by atoms with E-state index < -0.39 is 5.97 Å². The molecule has 2 unspecified atom stereocenters. The number of aliphatic carboxylic acids is 1. The minimum atomic E-state index is -0.679. The number of nitrogens with zero attached hydrogens (tertiary/aromatic N) is 1. The van der Waals surface area contributed by atoms with Gasteiger partial charge >= 0.3 is 5.97 Å². The maximum atomic E-state index is 10.5. The molecule has 0 heterocycles. The van der Waals surface area contributed by atoms with Crippen LogP contribution in [0.5, 0.6) is 0 Å². The van der Waals surface area contributed by atoms with Crippen molar-refractivity contribution in [3.05, 3.63) is 0 Å². The first kappa shape index (κ1) is 14.5. The largest absolute Gasteiger partial charge is 0.481 e. The zero-order valence-electron chi connectivity index (χ0n) is 11.5. The van der Waals surface area contributed by atoms with Gasteiger partial charge in [0.25, 0.3) is 0 Å². The average molecular weight is 241 g/mol. The molecular weight excluding hydrogens is 214 g/mol. The Hall–Kier alpha value is -0.570. The predicted octanol–water partition coefficient (Wildman–Crippen LogP) is 3.00. The summed E-state index contributed by atoms with van der Waals surface area (Å²) in [6, 6.07) is 0.671. The van der Waals surface area contributed by atoms with E-state index in [9.17, 15) is 4.79 Å². The van der Waals surface area contributed by atoms with Crippen molar-refractivity contribution in [2.45, 2.75) is 58.4 Å². The molecule has 3 heteroatoms. The second kappa shape index (κ2) is 7.00. The Morgan fingerprint density at radius 1 is 1.41 bits per heavy atom. The van der Waals surface area contributed by atoms with Crippen LogP contribution in [0, 0.1) is 11.8 Å². The van der Waals surface area contributed by atoms with Gasteiger partial charge in [-0.25, -0.2) is 0 Å². The average Bonchev–Trinajstić information content (AvgIpc) is 2.28. The molecule has 1 rings (SSSR count). The molecule has 3 nitrogen and oxygen atoms in total. The molecule has 1 saturated carbocycles. The highest BCUT2D eigenvalue weighted by atomic mass is 16.4. The van der Waals surface area contributed by atoms with Gasteiger partial charge in [-0.1, -0.05) is 26.7 Å². The molecule has 0 aromatic rings. The van der Waals surface area contributed by atoms with Gasteiger partial charge in [0.2, 0.25) is 0 Å². The van der Waals surface area contributed by atoms with E-state index in [-0.39, 0.29) is 0 Å². The predicted molar refractivity (Wildman–Crippen MR) is 70.1 cm³/mol.